The quantitative estimate of drug-likeness (QED) is 0.799. The molecule has 0 radical (unpaired) electrons. The molecule has 0 unspecified atom stereocenters. The van der Waals surface area contributed by atoms with Crippen molar-refractivity contribution in [3.63, 3.8) is 0 Å². The molecule has 0 saturated heterocycles. The van der Waals surface area contributed by atoms with E-state index in [1.165, 1.54) is 6.07 Å². The Bertz CT molecular complexity index is 592. The summed E-state index contributed by atoms with van der Waals surface area (Å²) >= 11 is 3.06. The Labute approximate surface area is 106 Å². The summed E-state index contributed by atoms with van der Waals surface area (Å²) in [7, 11) is 1.72. The maximum Gasteiger partial charge on any atom is 0.199 e. The van der Waals surface area contributed by atoms with E-state index in [0.29, 0.717) is 11.3 Å². The maximum absolute atomic E-state index is 13.8. The third kappa shape index (κ3) is 2.15. The summed E-state index contributed by atoms with van der Waals surface area (Å²) in [4.78, 5) is 12.1. The van der Waals surface area contributed by atoms with E-state index in [0.717, 1.165) is 0 Å². The Morgan fingerprint density at radius 3 is 2.71 bits per heavy atom. The van der Waals surface area contributed by atoms with E-state index in [1.807, 2.05) is 0 Å². The SMILES string of the molecule is Cc1nn(C)cc1C(=O)c1cccc(Br)c1F. The molecule has 2 aromatic rings. The lowest BCUT2D eigenvalue weighted by atomic mass is 10.0. The Kier molecular flexibility index (Phi) is 3.11. The first-order valence-corrected chi connectivity index (χ1v) is 5.79. The van der Waals surface area contributed by atoms with Crippen molar-refractivity contribution < 1.29 is 9.18 Å². The molecule has 0 saturated carbocycles. The number of aromatic nitrogens is 2. The van der Waals surface area contributed by atoms with Gasteiger partial charge in [-0.25, -0.2) is 4.39 Å². The molecule has 0 atom stereocenters. The predicted octanol–water partition coefficient (Wildman–Crippen LogP) is 2.86. The van der Waals surface area contributed by atoms with Gasteiger partial charge >= 0.3 is 0 Å². The van der Waals surface area contributed by atoms with Gasteiger partial charge in [-0.15, -0.1) is 0 Å². The molecule has 0 bridgehead atoms. The number of nitrogens with zero attached hydrogens (tertiary/aromatic N) is 2. The Balaban J connectivity index is 2.51. The van der Waals surface area contributed by atoms with Crippen LogP contribution in [0.3, 0.4) is 0 Å². The van der Waals surface area contributed by atoms with Crippen LogP contribution < -0.4 is 0 Å². The summed E-state index contributed by atoms with van der Waals surface area (Å²) in [5, 5.41) is 4.07. The Hall–Kier alpha value is -1.49. The predicted molar refractivity (Wildman–Crippen MR) is 65.5 cm³/mol. The molecule has 88 valence electrons. The molecule has 5 heteroatoms. The molecular formula is C12H10BrFN2O. The van der Waals surface area contributed by atoms with E-state index in [2.05, 4.69) is 21.0 Å². The average molecular weight is 297 g/mol. The first-order chi connectivity index (χ1) is 8.00. The molecule has 0 fully saturated rings. The summed E-state index contributed by atoms with van der Waals surface area (Å²) in [5.74, 6) is -0.893. The lowest BCUT2D eigenvalue weighted by molar-refractivity contribution is 0.103. The van der Waals surface area contributed by atoms with Crippen molar-refractivity contribution in [1.29, 1.82) is 0 Å². The van der Waals surface area contributed by atoms with Gasteiger partial charge in [-0.3, -0.25) is 9.48 Å². The monoisotopic (exact) mass is 296 g/mol. The average Bonchev–Trinajstić information content (AvgIpc) is 2.61. The molecule has 1 aromatic heterocycles. The lowest BCUT2D eigenvalue weighted by Gasteiger charge is -2.02. The minimum atomic E-state index is -0.541. The van der Waals surface area contributed by atoms with Gasteiger partial charge in [-0.1, -0.05) is 6.07 Å². The minimum absolute atomic E-state index is 0.0514. The number of aryl methyl sites for hydroxylation is 2. The lowest BCUT2D eigenvalue weighted by Crippen LogP contribution is -2.05. The van der Waals surface area contributed by atoms with Crippen LogP contribution in [0.25, 0.3) is 0 Å². The number of ketones is 1. The zero-order valence-corrected chi connectivity index (χ0v) is 11.0. The summed E-state index contributed by atoms with van der Waals surface area (Å²) < 4.78 is 15.6. The summed E-state index contributed by atoms with van der Waals surface area (Å²) in [6.45, 7) is 1.73. The second-order valence-electron chi connectivity index (χ2n) is 3.73. The summed E-state index contributed by atoms with van der Waals surface area (Å²) in [5.41, 5.74) is 1.07. The molecule has 2 rings (SSSR count). The molecule has 1 heterocycles. The van der Waals surface area contributed by atoms with Crippen LogP contribution >= 0.6 is 15.9 Å². The molecule has 0 aliphatic carbocycles. The van der Waals surface area contributed by atoms with Gasteiger partial charge in [-0.2, -0.15) is 5.10 Å². The minimum Gasteiger partial charge on any atom is -0.288 e. The topological polar surface area (TPSA) is 34.9 Å². The Morgan fingerprint density at radius 2 is 2.12 bits per heavy atom. The second kappa shape index (κ2) is 4.41. The van der Waals surface area contributed by atoms with Crippen molar-refractivity contribution in [2.24, 2.45) is 7.05 Å². The maximum atomic E-state index is 13.8. The van der Waals surface area contributed by atoms with Crippen molar-refractivity contribution >= 4 is 21.7 Å². The zero-order chi connectivity index (χ0) is 12.6. The van der Waals surface area contributed by atoms with Crippen molar-refractivity contribution in [3.8, 4) is 0 Å². The highest BCUT2D eigenvalue weighted by Crippen LogP contribution is 2.21. The molecular weight excluding hydrogens is 287 g/mol. The third-order valence-electron chi connectivity index (χ3n) is 2.45. The molecule has 3 nitrogen and oxygen atoms in total. The molecule has 0 aliphatic heterocycles. The summed E-state index contributed by atoms with van der Waals surface area (Å²) in [6, 6.07) is 4.66. The van der Waals surface area contributed by atoms with Crippen molar-refractivity contribution in [3.05, 3.63) is 51.5 Å². The van der Waals surface area contributed by atoms with Gasteiger partial charge in [0.05, 0.1) is 21.3 Å². The van der Waals surface area contributed by atoms with Gasteiger partial charge in [0, 0.05) is 13.2 Å². The van der Waals surface area contributed by atoms with Gasteiger partial charge in [0.15, 0.2) is 5.78 Å². The highest BCUT2D eigenvalue weighted by Gasteiger charge is 2.19. The van der Waals surface area contributed by atoms with E-state index < -0.39 is 5.82 Å². The smallest absolute Gasteiger partial charge is 0.199 e. The zero-order valence-electron chi connectivity index (χ0n) is 9.37. The van der Waals surface area contributed by atoms with Crippen molar-refractivity contribution in [2.75, 3.05) is 0 Å². The number of hydrogen-bond donors (Lipinski definition) is 0. The van der Waals surface area contributed by atoms with Gasteiger partial charge < -0.3 is 0 Å². The van der Waals surface area contributed by atoms with Crippen LogP contribution in [0.2, 0.25) is 0 Å². The standard InChI is InChI=1S/C12H10BrFN2O/c1-7-9(6-16(2)15-7)12(17)8-4-3-5-10(13)11(8)14/h3-6H,1-2H3. The largest absolute Gasteiger partial charge is 0.288 e. The van der Waals surface area contributed by atoms with E-state index >= 15 is 0 Å². The number of hydrogen-bond acceptors (Lipinski definition) is 2. The third-order valence-corrected chi connectivity index (χ3v) is 3.07. The molecule has 0 aliphatic rings. The fraction of sp³-hybridized carbons (Fsp3) is 0.167. The van der Waals surface area contributed by atoms with E-state index in [-0.39, 0.29) is 15.8 Å². The van der Waals surface area contributed by atoms with Gasteiger partial charge in [-0.05, 0) is 35.0 Å². The van der Waals surface area contributed by atoms with Crippen LogP contribution in [-0.2, 0) is 7.05 Å². The van der Waals surface area contributed by atoms with Crippen LogP contribution in [0.1, 0.15) is 21.6 Å². The summed E-state index contributed by atoms with van der Waals surface area (Å²) in [6.07, 6.45) is 1.60. The molecule has 17 heavy (non-hydrogen) atoms. The Morgan fingerprint density at radius 1 is 1.41 bits per heavy atom. The van der Waals surface area contributed by atoms with E-state index in [4.69, 9.17) is 0 Å². The number of halogens is 2. The fourth-order valence-electron chi connectivity index (χ4n) is 1.65. The normalized spacial score (nSPS) is 10.6. The number of benzene rings is 1. The van der Waals surface area contributed by atoms with Crippen LogP contribution in [0.4, 0.5) is 4.39 Å². The van der Waals surface area contributed by atoms with Crippen molar-refractivity contribution in [1.82, 2.24) is 9.78 Å². The van der Waals surface area contributed by atoms with E-state index in [1.54, 1.807) is 37.0 Å². The van der Waals surface area contributed by atoms with Crippen LogP contribution in [0, 0.1) is 12.7 Å². The molecule has 0 N–H and O–H groups in total. The van der Waals surface area contributed by atoms with Gasteiger partial charge in [0.2, 0.25) is 0 Å². The highest BCUT2D eigenvalue weighted by molar-refractivity contribution is 9.10. The molecule has 1 aromatic carbocycles. The highest BCUT2D eigenvalue weighted by atomic mass is 79.9. The van der Waals surface area contributed by atoms with Crippen LogP contribution in [0.15, 0.2) is 28.9 Å². The van der Waals surface area contributed by atoms with Gasteiger partial charge in [0.1, 0.15) is 5.82 Å². The van der Waals surface area contributed by atoms with Crippen LogP contribution in [-0.4, -0.2) is 15.6 Å². The first-order valence-electron chi connectivity index (χ1n) is 4.99. The molecule has 0 amide bonds. The molecule has 0 spiro atoms. The number of rotatable bonds is 2. The van der Waals surface area contributed by atoms with E-state index in [9.17, 15) is 9.18 Å². The fourth-order valence-corrected chi connectivity index (χ4v) is 2.01. The van der Waals surface area contributed by atoms with Crippen molar-refractivity contribution in [2.45, 2.75) is 6.92 Å². The van der Waals surface area contributed by atoms with Gasteiger partial charge in [0.25, 0.3) is 0 Å². The van der Waals surface area contributed by atoms with Crippen LogP contribution in [0.5, 0.6) is 0 Å². The number of carbonyl (C=O) groups excluding carboxylic acids is 1. The number of carbonyl (C=O) groups is 1. The first kappa shape index (κ1) is 12.0. The second-order valence-corrected chi connectivity index (χ2v) is 4.59.